The zero-order valence-electron chi connectivity index (χ0n) is 14.9. The van der Waals surface area contributed by atoms with E-state index in [2.05, 4.69) is 29.6 Å². The molecule has 0 unspecified atom stereocenters. The SMILES string of the molecule is O=C(NCc1cccc(CO)c1)OCC1c2ccccc2-c2ccccc21. The van der Waals surface area contributed by atoms with Crippen LogP contribution in [0.5, 0.6) is 0 Å². The first-order valence-corrected chi connectivity index (χ1v) is 9.04. The van der Waals surface area contributed by atoms with Crippen molar-refractivity contribution in [1.29, 1.82) is 0 Å². The summed E-state index contributed by atoms with van der Waals surface area (Å²) in [5.74, 6) is 0.0564. The highest BCUT2D eigenvalue weighted by molar-refractivity contribution is 5.79. The molecule has 0 saturated heterocycles. The molecule has 3 aromatic rings. The first-order chi connectivity index (χ1) is 13.3. The number of amides is 1. The van der Waals surface area contributed by atoms with E-state index in [0.29, 0.717) is 13.2 Å². The number of hydrogen-bond donors (Lipinski definition) is 2. The molecular weight excluding hydrogens is 338 g/mol. The third-order valence-electron chi connectivity index (χ3n) is 4.95. The lowest BCUT2D eigenvalue weighted by Crippen LogP contribution is -2.25. The quantitative estimate of drug-likeness (QED) is 0.717. The van der Waals surface area contributed by atoms with Gasteiger partial charge in [-0.2, -0.15) is 0 Å². The van der Waals surface area contributed by atoms with Crippen LogP contribution in [-0.2, 0) is 17.9 Å². The molecule has 0 saturated carbocycles. The number of hydrogen-bond acceptors (Lipinski definition) is 3. The van der Waals surface area contributed by atoms with E-state index in [4.69, 9.17) is 4.74 Å². The molecule has 0 bridgehead atoms. The van der Waals surface area contributed by atoms with Crippen molar-refractivity contribution in [1.82, 2.24) is 5.32 Å². The molecule has 1 aliphatic rings. The fourth-order valence-electron chi connectivity index (χ4n) is 3.66. The second-order valence-electron chi connectivity index (χ2n) is 6.66. The lowest BCUT2D eigenvalue weighted by atomic mass is 9.98. The van der Waals surface area contributed by atoms with Crippen LogP contribution in [-0.4, -0.2) is 17.8 Å². The summed E-state index contributed by atoms with van der Waals surface area (Å²) in [5.41, 5.74) is 6.56. The van der Waals surface area contributed by atoms with Crippen LogP contribution in [0.15, 0.2) is 72.8 Å². The predicted molar refractivity (Wildman–Crippen MR) is 104 cm³/mol. The van der Waals surface area contributed by atoms with Gasteiger partial charge in [0, 0.05) is 12.5 Å². The van der Waals surface area contributed by atoms with Gasteiger partial charge < -0.3 is 15.2 Å². The molecule has 27 heavy (non-hydrogen) atoms. The topological polar surface area (TPSA) is 58.6 Å². The standard InChI is InChI=1S/C23H21NO3/c25-14-17-7-5-6-16(12-17)13-24-23(26)27-15-22-20-10-3-1-8-18(20)19-9-2-4-11-21(19)22/h1-12,22,25H,13-15H2,(H,24,26). The van der Waals surface area contributed by atoms with Crippen molar-refractivity contribution >= 4 is 6.09 Å². The summed E-state index contributed by atoms with van der Waals surface area (Å²) >= 11 is 0. The number of carbonyl (C=O) groups is 1. The summed E-state index contributed by atoms with van der Waals surface area (Å²) in [5, 5.41) is 12.0. The molecule has 2 N–H and O–H groups in total. The molecule has 1 aliphatic carbocycles. The second-order valence-corrected chi connectivity index (χ2v) is 6.66. The summed E-state index contributed by atoms with van der Waals surface area (Å²) in [7, 11) is 0. The minimum atomic E-state index is -0.439. The van der Waals surface area contributed by atoms with Gasteiger partial charge in [-0.05, 0) is 33.4 Å². The van der Waals surface area contributed by atoms with Gasteiger partial charge in [0.1, 0.15) is 6.61 Å². The third kappa shape index (κ3) is 3.57. The van der Waals surface area contributed by atoms with E-state index in [1.54, 1.807) is 0 Å². The molecule has 0 heterocycles. The molecule has 4 nitrogen and oxygen atoms in total. The number of nitrogens with one attached hydrogen (secondary N) is 1. The summed E-state index contributed by atoms with van der Waals surface area (Å²) < 4.78 is 5.52. The third-order valence-corrected chi connectivity index (χ3v) is 4.95. The molecule has 0 spiro atoms. The Morgan fingerprint density at radius 3 is 2.19 bits per heavy atom. The Bertz CT molecular complexity index is 922. The summed E-state index contributed by atoms with van der Waals surface area (Å²) in [4.78, 5) is 12.2. The monoisotopic (exact) mass is 359 g/mol. The van der Waals surface area contributed by atoms with Crippen molar-refractivity contribution in [2.75, 3.05) is 6.61 Å². The number of aliphatic hydroxyl groups excluding tert-OH is 1. The summed E-state index contributed by atoms with van der Waals surface area (Å²) in [6.45, 7) is 0.653. The highest BCUT2D eigenvalue weighted by Gasteiger charge is 2.28. The van der Waals surface area contributed by atoms with Gasteiger partial charge in [0.2, 0.25) is 0 Å². The van der Waals surface area contributed by atoms with E-state index in [0.717, 1.165) is 11.1 Å². The average Bonchev–Trinajstić information content (AvgIpc) is 3.05. The molecule has 136 valence electrons. The fourth-order valence-corrected chi connectivity index (χ4v) is 3.66. The molecule has 3 aromatic carbocycles. The molecule has 0 atom stereocenters. The van der Waals surface area contributed by atoms with Crippen LogP contribution in [0.25, 0.3) is 11.1 Å². The Hall–Kier alpha value is -3.11. The van der Waals surface area contributed by atoms with Crippen molar-refractivity contribution in [3.63, 3.8) is 0 Å². The molecule has 4 heteroatoms. The molecule has 4 rings (SSSR count). The Balaban J connectivity index is 1.40. The van der Waals surface area contributed by atoms with E-state index in [1.165, 1.54) is 22.3 Å². The number of carbonyl (C=O) groups excluding carboxylic acids is 1. The highest BCUT2D eigenvalue weighted by Crippen LogP contribution is 2.44. The first-order valence-electron chi connectivity index (χ1n) is 9.04. The number of benzene rings is 3. The molecular formula is C23H21NO3. The van der Waals surface area contributed by atoms with Crippen molar-refractivity contribution in [3.05, 3.63) is 95.1 Å². The van der Waals surface area contributed by atoms with E-state index in [1.807, 2.05) is 48.5 Å². The maximum atomic E-state index is 12.2. The van der Waals surface area contributed by atoms with Crippen LogP contribution in [0.4, 0.5) is 4.79 Å². The van der Waals surface area contributed by atoms with E-state index in [-0.39, 0.29) is 12.5 Å². The highest BCUT2D eigenvalue weighted by atomic mass is 16.5. The van der Waals surface area contributed by atoms with E-state index in [9.17, 15) is 9.90 Å². The van der Waals surface area contributed by atoms with Gasteiger partial charge in [0.15, 0.2) is 0 Å². The number of ether oxygens (including phenoxy) is 1. The van der Waals surface area contributed by atoms with Crippen LogP contribution in [0.2, 0.25) is 0 Å². The van der Waals surface area contributed by atoms with Gasteiger partial charge in [-0.1, -0.05) is 72.8 Å². The minimum absolute atomic E-state index is 0.0151. The maximum absolute atomic E-state index is 12.2. The van der Waals surface area contributed by atoms with E-state index < -0.39 is 6.09 Å². The predicted octanol–water partition coefficient (Wildman–Crippen LogP) is 4.22. The van der Waals surface area contributed by atoms with Gasteiger partial charge in [-0.15, -0.1) is 0 Å². The summed E-state index contributed by atoms with van der Waals surface area (Å²) in [6, 6.07) is 24.0. The first kappa shape index (κ1) is 17.3. The molecule has 0 fully saturated rings. The lowest BCUT2D eigenvalue weighted by molar-refractivity contribution is 0.142. The van der Waals surface area contributed by atoms with Crippen molar-refractivity contribution in [2.45, 2.75) is 19.1 Å². The van der Waals surface area contributed by atoms with Crippen LogP contribution in [0, 0.1) is 0 Å². The summed E-state index contributed by atoms with van der Waals surface area (Å²) in [6.07, 6.45) is -0.439. The molecule has 0 aliphatic heterocycles. The van der Waals surface area contributed by atoms with Crippen LogP contribution < -0.4 is 5.32 Å². The molecule has 0 radical (unpaired) electrons. The largest absolute Gasteiger partial charge is 0.449 e. The van der Waals surface area contributed by atoms with Crippen LogP contribution in [0.3, 0.4) is 0 Å². The lowest BCUT2D eigenvalue weighted by Gasteiger charge is -2.14. The molecule has 0 aromatic heterocycles. The van der Waals surface area contributed by atoms with Crippen molar-refractivity contribution < 1.29 is 14.6 Å². The number of fused-ring (bicyclic) bond motifs is 3. The zero-order valence-corrected chi connectivity index (χ0v) is 14.9. The Labute approximate surface area is 158 Å². The van der Waals surface area contributed by atoms with Crippen LogP contribution >= 0.6 is 0 Å². The van der Waals surface area contributed by atoms with E-state index >= 15 is 0 Å². The number of rotatable bonds is 5. The van der Waals surface area contributed by atoms with Crippen molar-refractivity contribution in [2.24, 2.45) is 0 Å². The molecule has 1 amide bonds. The van der Waals surface area contributed by atoms with Gasteiger partial charge in [0.25, 0.3) is 0 Å². The Kier molecular flexibility index (Phi) is 4.90. The van der Waals surface area contributed by atoms with Gasteiger partial charge in [-0.25, -0.2) is 4.79 Å². The Morgan fingerprint density at radius 2 is 1.52 bits per heavy atom. The van der Waals surface area contributed by atoms with Crippen molar-refractivity contribution in [3.8, 4) is 11.1 Å². The Morgan fingerprint density at radius 1 is 0.889 bits per heavy atom. The van der Waals surface area contributed by atoms with Gasteiger partial charge in [0.05, 0.1) is 6.61 Å². The minimum Gasteiger partial charge on any atom is -0.449 e. The number of alkyl carbamates (subject to hydrolysis) is 1. The fraction of sp³-hybridized carbons (Fsp3) is 0.174. The average molecular weight is 359 g/mol. The van der Waals surface area contributed by atoms with Crippen LogP contribution in [0.1, 0.15) is 28.2 Å². The zero-order chi connectivity index (χ0) is 18.6. The smallest absolute Gasteiger partial charge is 0.407 e. The van der Waals surface area contributed by atoms with Gasteiger partial charge >= 0.3 is 6.09 Å². The maximum Gasteiger partial charge on any atom is 0.407 e. The van der Waals surface area contributed by atoms with Gasteiger partial charge in [-0.3, -0.25) is 0 Å². The normalized spacial score (nSPS) is 12.3. The number of aliphatic hydroxyl groups is 1. The second kappa shape index (κ2) is 7.64.